The maximum absolute atomic E-state index is 6.34. The lowest BCUT2D eigenvalue weighted by Gasteiger charge is -2.32. The lowest BCUT2D eigenvalue weighted by atomic mass is 9.90. The first kappa shape index (κ1) is 21.1. The van der Waals surface area contributed by atoms with E-state index in [1.54, 1.807) is 0 Å². The van der Waals surface area contributed by atoms with Gasteiger partial charge in [0, 0.05) is 24.8 Å². The summed E-state index contributed by atoms with van der Waals surface area (Å²) in [6.45, 7) is 4.07. The fraction of sp³-hybridized carbons (Fsp3) is 0.200. The van der Waals surface area contributed by atoms with Crippen LogP contribution in [0.5, 0.6) is 11.5 Å². The zero-order chi connectivity index (χ0) is 22.6. The van der Waals surface area contributed by atoms with E-state index in [1.807, 2.05) is 36.4 Å². The van der Waals surface area contributed by atoms with Crippen molar-refractivity contribution in [3.63, 3.8) is 0 Å². The van der Waals surface area contributed by atoms with Crippen molar-refractivity contribution in [2.75, 3.05) is 11.9 Å². The number of hydrogen-bond acceptors (Lipinski definition) is 3. The van der Waals surface area contributed by atoms with Gasteiger partial charge in [0.25, 0.3) is 0 Å². The van der Waals surface area contributed by atoms with Crippen LogP contribution in [-0.4, -0.2) is 7.05 Å². The highest BCUT2D eigenvalue weighted by Crippen LogP contribution is 2.45. The van der Waals surface area contributed by atoms with E-state index in [4.69, 9.17) is 9.47 Å². The molecule has 0 radical (unpaired) electrons. The predicted molar refractivity (Wildman–Crippen MR) is 135 cm³/mol. The molecule has 4 aromatic rings. The number of para-hydroxylation sites is 1. The molecular formula is C30H29NO2. The van der Waals surface area contributed by atoms with Crippen LogP contribution < -0.4 is 14.4 Å². The number of rotatable bonds is 7. The van der Waals surface area contributed by atoms with Gasteiger partial charge in [0.05, 0.1) is 0 Å². The Morgan fingerprint density at radius 3 is 1.91 bits per heavy atom. The van der Waals surface area contributed by atoms with Gasteiger partial charge in [0.2, 0.25) is 0 Å². The first-order chi connectivity index (χ1) is 16.2. The van der Waals surface area contributed by atoms with Gasteiger partial charge in [0.15, 0.2) is 11.5 Å². The normalized spacial score (nSPS) is 12.1. The van der Waals surface area contributed by atoms with E-state index < -0.39 is 0 Å². The van der Waals surface area contributed by atoms with Gasteiger partial charge < -0.3 is 14.4 Å². The van der Waals surface area contributed by atoms with Crippen LogP contribution in [0.1, 0.15) is 29.2 Å². The van der Waals surface area contributed by atoms with E-state index in [-0.39, 0.29) is 0 Å². The molecule has 5 rings (SSSR count). The van der Waals surface area contributed by atoms with E-state index in [9.17, 15) is 0 Å². The van der Waals surface area contributed by atoms with Gasteiger partial charge >= 0.3 is 0 Å². The van der Waals surface area contributed by atoms with Crippen LogP contribution >= 0.6 is 0 Å². The quantitative estimate of drug-likeness (QED) is 0.311. The molecule has 0 amide bonds. The van der Waals surface area contributed by atoms with Gasteiger partial charge in [-0.15, -0.1) is 0 Å². The van der Waals surface area contributed by atoms with Crippen molar-refractivity contribution in [2.24, 2.45) is 0 Å². The maximum atomic E-state index is 6.34. The number of hydrogen-bond donors (Lipinski definition) is 0. The Morgan fingerprint density at radius 2 is 1.30 bits per heavy atom. The molecule has 1 heterocycles. The van der Waals surface area contributed by atoms with Gasteiger partial charge in [-0.1, -0.05) is 85.8 Å². The van der Waals surface area contributed by atoms with Crippen LogP contribution in [0, 0.1) is 0 Å². The summed E-state index contributed by atoms with van der Waals surface area (Å²) in [4.78, 5) is 2.35. The van der Waals surface area contributed by atoms with Gasteiger partial charge in [-0.05, 0) is 46.4 Å². The number of anilines is 1. The van der Waals surface area contributed by atoms with Crippen LogP contribution in [0.2, 0.25) is 0 Å². The third kappa shape index (κ3) is 4.45. The maximum Gasteiger partial charge on any atom is 0.162 e. The first-order valence-corrected chi connectivity index (χ1v) is 11.6. The van der Waals surface area contributed by atoms with Crippen molar-refractivity contribution < 1.29 is 9.47 Å². The smallest absolute Gasteiger partial charge is 0.162 e. The number of fused-ring (bicyclic) bond motifs is 3. The molecule has 4 aromatic carbocycles. The predicted octanol–water partition coefficient (Wildman–Crippen LogP) is 7.02. The SMILES string of the molecule is CCc1cccc2c1N(C)Cc1cc(OCc3ccccc3)c(OCc3ccccc3)cc1-2. The van der Waals surface area contributed by atoms with Crippen molar-refractivity contribution in [2.45, 2.75) is 33.1 Å². The van der Waals surface area contributed by atoms with Gasteiger partial charge in [-0.2, -0.15) is 0 Å². The van der Waals surface area contributed by atoms with Gasteiger partial charge in [-0.3, -0.25) is 0 Å². The topological polar surface area (TPSA) is 21.7 Å². The molecule has 0 saturated heterocycles. The molecule has 0 unspecified atom stereocenters. The van der Waals surface area contributed by atoms with Crippen LogP contribution in [0.15, 0.2) is 91.0 Å². The molecule has 0 aliphatic carbocycles. The molecule has 0 atom stereocenters. The summed E-state index contributed by atoms with van der Waals surface area (Å²) >= 11 is 0. The Balaban J connectivity index is 1.53. The van der Waals surface area contributed by atoms with Crippen molar-refractivity contribution in [1.29, 1.82) is 0 Å². The number of ether oxygens (including phenoxy) is 2. The Morgan fingerprint density at radius 1 is 0.697 bits per heavy atom. The second kappa shape index (κ2) is 9.41. The van der Waals surface area contributed by atoms with Crippen LogP contribution in [0.3, 0.4) is 0 Å². The first-order valence-electron chi connectivity index (χ1n) is 11.6. The molecule has 0 bridgehead atoms. The highest BCUT2D eigenvalue weighted by molar-refractivity contribution is 5.86. The Kier molecular flexibility index (Phi) is 6.03. The molecule has 1 aliphatic rings. The van der Waals surface area contributed by atoms with Crippen LogP contribution in [0.4, 0.5) is 5.69 Å². The minimum atomic E-state index is 0.503. The second-order valence-electron chi connectivity index (χ2n) is 8.53. The number of benzene rings is 4. The lowest BCUT2D eigenvalue weighted by Crippen LogP contribution is -2.23. The summed E-state index contributed by atoms with van der Waals surface area (Å²) in [5.41, 5.74) is 8.72. The third-order valence-electron chi connectivity index (χ3n) is 6.22. The largest absolute Gasteiger partial charge is 0.485 e. The van der Waals surface area contributed by atoms with Crippen molar-refractivity contribution in [3.05, 3.63) is 113 Å². The molecule has 0 spiro atoms. The zero-order valence-electron chi connectivity index (χ0n) is 19.3. The molecule has 0 fully saturated rings. The van der Waals surface area contributed by atoms with E-state index in [1.165, 1.54) is 27.9 Å². The molecule has 166 valence electrons. The third-order valence-corrected chi connectivity index (χ3v) is 6.22. The minimum absolute atomic E-state index is 0.503. The summed E-state index contributed by atoms with van der Waals surface area (Å²) in [6.07, 6.45) is 1.01. The van der Waals surface area contributed by atoms with E-state index in [0.29, 0.717) is 13.2 Å². The summed E-state index contributed by atoms with van der Waals surface area (Å²) in [6, 6.07) is 31.5. The Labute approximate surface area is 196 Å². The minimum Gasteiger partial charge on any atom is -0.485 e. The van der Waals surface area contributed by atoms with Gasteiger partial charge in [-0.25, -0.2) is 0 Å². The Bertz CT molecular complexity index is 1240. The van der Waals surface area contributed by atoms with E-state index in [2.05, 4.69) is 73.5 Å². The highest BCUT2D eigenvalue weighted by Gasteiger charge is 2.24. The molecular weight excluding hydrogens is 406 g/mol. The van der Waals surface area contributed by atoms with Gasteiger partial charge in [0.1, 0.15) is 13.2 Å². The fourth-order valence-electron chi connectivity index (χ4n) is 4.56. The molecule has 33 heavy (non-hydrogen) atoms. The van der Waals surface area contributed by atoms with E-state index >= 15 is 0 Å². The van der Waals surface area contributed by atoms with Crippen LogP contribution in [-0.2, 0) is 26.2 Å². The molecule has 0 N–H and O–H groups in total. The summed E-state index contributed by atoms with van der Waals surface area (Å²) in [5.74, 6) is 1.57. The summed E-state index contributed by atoms with van der Waals surface area (Å²) < 4.78 is 12.6. The number of nitrogens with zero attached hydrogens (tertiary/aromatic N) is 1. The van der Waals surface area contributed by atoms with Crippen molar-refractivity contribution >= 4 is 5.69 Å². The standard InChI is InChI=1S/C30H29NO2/c1-3-24-15-10-16-26-27-18-29(33-21-23-13-8-5-9-14-23)28(17-25(27)19-31(2)30(24)26)32-20-22-11-6-4-7-12-22/h4-18H,3,19-21H2,1-2H3. The van der Waals surface area contributed by atoms with Crippen molar-refractivity contribution in [1.82, 2.24) is 0 Å². The zero-order valence-corrected chi connectivity index (χ0v) is 19.3. The van der Waals surface area contributed by atoms with Crippen LogP contribution in [0.25, 0.3) is 11.1 Å². The van der Waals surface area contributed by atoms with Crippen molar-refractivity contribution in [3.8, 4) is 22.6 Å². The molecule has 0 saturated carbocycles. The summed E-state index contributed by atoms with van der Waals surface area (Å²) in [7, 11) is 2.17. The van der Waals surface area contributed by atoms with E-state index in [0.717, 1.165) is 35.6 Å². The second-order valence-corrected chi connectivity index (χ2v) is 8.53. The average molecular weight is 436 g/mol. The molecule has 1 aliphatic heterocycles. The average Bonchev–Trinajstić information content (AvgIpc) is 2.87. The number of aryl methyl sites for hydroxylation is 1. The molecule has 0 aromatic heterocycles. The highest BCUT2D eigenvalue weighted by atomic mass is 16.5. The lowest BCUT2D eigenvalue weighted by molar-refractivity contribution is 0.256. The molecule has 3 nitrogen and oxygen atoms in total. The molecule has 3 heteroatoms. The Hall–Kier alpha value is -3.72. The fourth-order valence-corrected chi connectivity index (χ4v) is 4.56. The summed E-state index contributed by atoms with van der Waals surface area (Å²) in [5, 5.41) is 0. The monoisotopic (exact) mass is 435 g/mol.